The average molecular weight is 289 g/mol. The topological polar surface area (TPSA) is 68.0 Å². The maximum Gasteiger partial charge on any atom is 0.239 e. The van der Waals surface area contributed by atoms with Crippen molar-refractivity contribution in [2.45, 2.75) is 26.2 Å². The molecule has 20 heavy (non-hydrogen) atoms. The number of rotatable bonds is 3. The number of benzene rings is 1. The number of amides is 1. The number of nitrogens with two attached hydrogens (primary N) is 1. The van der Waals surface area contributed by atoms with Gasteiger partial charge in [0.05, 0.1) is 12.2 Å². The van der Waals surface area contributed by atoms with Gasteiger partial charge in [0.2, 0.25) is 5.91 Å². The fourth-order valence-electron chi connectivity index (χ4n) is 1.78. The van der Waals surface area contributed by atoms with Crippen LogP contribution in [0.2, 0.25) is 0 Å². The maximum atomic E-state index is 11.2. The number of carbonyl (C=O) groups is 1. The minimum absolute atomic E-state index is 0.0333. The van der Waals surface area contributed by atoms with Crippen LogP contribution in [0.25, 0.3) is 11.3 Å². The highest BCUT2D eigenvalue weighted by Crippen LogP contribution is 2.29. The standard InChI is InChI=1S/C15H19N3OS/c1-15(2,3)11-6-4-5-10(7-11)12-9-20-14(17-12)18-13(19)8-16/h4-7,9H,8,16H2,1-3H3,(H,17,18,19). The summed E-state index contributed by atoms with van der Waals surface area (Å²) in [7, 11) is 0. The zero-order valence-corrected chi connectivity index (χ0v) is 12.8. The van der Waals surface area contributed by atoms with Gasteiger partial charge in [-0.2, -0.15) is 0 Å². The first-order valence-corrected chi connectivity index (χ1v) is 7.34. The van der Waals surface area contributed by atoms with Crippen LogP contribution in [0, 0.1) is 0 Å². The summed E-state index contributed by atoms with van der Waals surface area (Å²) in [6, 6.07) is 8.32. The Bertz CT molecular complexity index is 614. The van der Waals surface area contributed by atoms with Gasteiger partial charge >= 0.3 is 0 Å². The lowest BCUT2D eigenvalue weighted by molar-refractivity contribution is -0.114. The molecule has 1 aromatic carbocycles. The van der Waals surface area contributed by atoms with E-state index >= 15 is 0 Å². The van der Waals surface area contributed by atoms with Gasteiger partial charge in [-0.25, -0.2) is 4.98 Å². The second-order valence-electron chi connectivity index (χ2n) is 5.62. The van der Waals surface area contributed by atoms with Gasteiger partial charge in [-0.3, -0.25) is 4.79 Å². The monoisotopic (exact) mass is 289 g/mol. The summed E-state index contributed by atoms with van der Waals surface area (Å²) in [4.78, 5) is 15.7. The Hall–Kier alpha value is -1.72. The second kappa shape index (κ2) is 5.73. The van der Waals surface area contributed by atoms with E-state index in [1.165, 1.54) is 16.9 Å². The summed E-state index contributed by atoms with van der Waals surface area (Å²) in [6.07, 6.45) is 0. The molecule has 0 fully saturated rings. The Morgan fingerprint density at radius 1 is 1.40 bits per heavy atom. The van der Waals surface area contributed by atoms with Crippen molar-refractivity contribution in [3.8, 4) is 11.3 Å². The van der Waals surface area contributed by atoms with Gasteiger partial charge < -0.3 is 11.1 Å². The number of carbonyl (C=O) groups excluding carboxylic acids is 1. The highest BCUT2D eigenvalue weighted by Gasteiger charge is 2.15. The van der Waals surface area contributed by atoms with Crippen LogP contribution in [0.3, 0.4) is 0 Å². The Morgan fingerprint density at radius 2 is 2.15 bits per heavy atom. The van der Waals surface area contributed by atoms with Crippen molar-refractivity contribution in [1.29, 1.82) is 0 Å². The van der Waals surface area contributed by atoms with Gasteiger partial charge in [0.15, 0.2) is 5.13 Å². The van der Waals surface area contributed by atoms with Crippen LogP contribution in [0.15, 0.2) is 29.6 Å². The Kier molecular flexibility index (Phi) is 4.20. The molecule has 106 valence electrons. The Labute approximate surface area is 123 Å². The fraction of sp³-hybridized carbons (Fsp3) is 0.333. The van der Waals surface area contributed by atoms with Crippen molar-refractivity contribution in [2.75, 3.05) is 11.9 Å². The Morgan fingerprint density at radius 3 is 2.80 bits per heavy atom. The molecule has 2 rings (SSSR count). The highest BCUT2D eigenvalue weighted by atomic mass is 32.1. The zero-order valence-electron chi connectivity index (χ0n) is 11.9. The van der Waals surface area contributed by atoms with Gasteiger partial charge in [0.25, 0.3) is 0 Å². The predicted octanol–water partition coefficient (Wildman–Crippen LogP) is 3.00. The maximum absolute atomic E-state index is 11.2. The van der Waals surface area contributed by atoms with Crippen molar-refractivity contribution in [1.82, 2.24) is 4.98 Å². The quantitative estimate of drug-likeness (QED) is 0.912. The molecule has 0 bridgehead atoms. The van der Waals surface area contributed by atoms with E-state index in [2.05, 4.69) is 43.2 Å². The first-order chi connectivity index (χ1) is 9.40. The van der Waals surface area contributed by atoms with Crippen molar-refractivity contribution in [3.63, 3.8) is 0 Å². The smallest absolute Gasteiger partial charge is 0.239 e. The number of thiazole rings is 1. The number of aromatic nitrogens is 1. The van der Waals surface area contributed by atoms with E-state index in [9.17, 15) is 4.79 Å². The SMILES string of the molecule is CC(C)(C)c1cccc(-c2csc(NC(=O)CN)n2)c1. The van der Waals surface area contributed by atoms with E-state index in [1.807, 2.05) is 17.5 Å². The van der Waals surface area contributed by atoms with E-state index in [0.29, 0.717) is 5.13 Å². The van der Waals surface area contributed by atoms with Gasteiger partial charge in [-0.05, 0) is 17.0 Å². The lowest BCUT2D eigenvalue weighted by Gasteiger charge is -2.19. The van der Waals surface area contributed by atoms with E-state index in [1.54, 1.807) is 0 Å². The molecule has 0 aliphatic rings. The molecule has 5 heteroatoms. The van der Waals surface area contributed by atoms with Crippen LogP contribution in [0.1, 0.15) is 26.3 Å². The number of hydrogen-bond acceptors (Lipinski definition) is 4. The normalized spacial score (nSPS) is 11.4. The van der Waals surface area contributed by atoms with E-state index < -0.39 is 0 Å². The molecule has 2 aromatic rings. The molecule has 4 nitrogen and oxygen atoms in total. The second-order valence-corrected chi connectivity index (χ2v) is 6.48. The molecule has 0 saturated carbocycles. The summed E-state index contributed by atoms with van der Waals surface area (Å²) >= 11 is 1.40. The number of anilines is 1. The third-order valence-corrected chi connectivity index (χ3v) is 3.72. The molecule has 1 heterocycles. The predicted molar refractivity (Wildman–Crippen MR) is 83.9 cm³/mol. The first kappa shape index (κ1) is 14.7. The largest absolute Gasteiger partial charge is 0.322 e. The molecule has 0 atom stereocenters. The number of nitrogens with zero attached hydrogens (tertiary/aromatic N) is 1. The van der Waals surface area contributed by atoms with Crippen LogP contribution in [0.4, 0.5) is 5.13 Å². The van der Waals surface area contributed by atoms with Crippen molar-refractivity contribution in [2.24, 2.45) is 5.73 Å². The van der Waals surface area contributed by atoms with Gasteiger partial charge in [0.1, 0.15) is 0 Å². The molecule has 0 aliphatic heterocycles. The third-order valence-electron chi connectivity index (χ3n) is 2.96. The highest BCUT2D eigenvalue weighted by molar-refractivity contribution is 7.14. The molecule has 0 unspecified atom stereocenters. The van der Waals surface area contributed by atoms with E-state index in [-0.39, 0.29) is 17.9 Å². The lowest BCUT2D eigenvalue weighted by Crippen LogP contribution is -2.21. The number of nitrogens with one attached hydrogen (secondary N) is 1. The third kappa shape index (κ3) is 3.43. The molecular formula is C15H19N3OS. The summed E-state index contributed by atoms with van der Waals surface area (Å²) in [5.74, 6) is -0.227. The zero-order chi connectivity index (χ0) is 14.8. The minimum Gasteiger partial charge on any atom is -0.322 e. The van der Waals surface area contributed by atoms with Crippen LogP contribution < -0.4 is 11.1 Å². The van der Waals surface area contributed by atoms with Crippen molar-refractivity contribution >= 4 is 22.4 Å². The summed E-state index contributed by atoms with van der Waals surface area (Å²) < 4.78 is 0. The summed E-state index contributed by atoms with van der Waals surface area (Å²) in [5.41, 5.74) is 8.56. The summed E-state index contributed by atoms with van der Waals surface area (Å²) in [6.45, 7) is 6.51. The Balaban J connectivity index is 2.26. The van der Waals surface area contributed by atoms with Crippen molar-refractivity contribution < 1.29 is 4.79 Å². The number of hydrogen-bond donors (Lipinski definition) is 2. The van der Waals surface area contributed by atoms with Gasteiger partial charge in [0, 0.05) is 10.9 Å². The molecule has 0 radical (unpaired) electrons. The van der Waals surface area contributed by atoms with Crippen LogP contribution in [0.5, 0.6) is 0 Å². The molecule has 0 aliphatic carbocycles. The molecule has 1 aromatic heterocycles. The lowest BCUT2D eigenvalue weighted by atomic mass is 9.86. The van der Waals surface area contributed by atoms with E-state index in [4.69, 9.17) is 5.73 Å². The van der Waals surface area contributed by atoms with Gasteiger partial charge in [-0.15, -0.1) is 11.3 Å². The van der Waals surface area contributed by atoms with E-state index in [0.717, 1.165) is 11.3 Å². The fourth-order valence-corrected chi connectivity index (χ4v) is 2.51. The average Bonchev–Trinajstić information content (AvgIpc) is 2.86. The molecule has 0 saturated heterocycles. The molecule has 3 N–H and O–H groups in total. The molecule has 1 amide bonds. The van der Waals surface area contributed by atoms with Gasteiger partial charge in [-0.1, -0.05) is 39.0 Å². The summed E-state index contributed by atoms with van der Waals surface area (Å²) in [5, 5.41) is 5.19. The van der Waals surface area contributed by atoms with Crippen LogP contribution >= 0.6 is 11.3 Å². The van der Waals surface area contributed by atoms with Crippen LogP contribution in [-0.4, -0.2) is 17.4 Å². The minimum atomic E-state index is -0.227. The first-order valence-electron chi connectivity index (χ1n) is 6.46. The van der Waals surface area contributed by atoms with Crippen LogP contribution in [-0.2, 0) is 10.2 Å². The molecule has 0 spiro atoms. The molecular weight excluding hydrogens is 270 g/mol. The van der Waals surface area contributed by atoms with Crippen molar-refractivity contribution in [3.05, 3.63) is 35.2 Å².